The molecule has 0 atom stereocenters. The van der Waals surface area contributed by atoms with Gasteiger partial charge in [-0.25, -0.2) is 9.37 Å². The van der Waals surface area contributed by atoms with E-state index in [1.807, 2.05) is 0 Å². The summed E-state index contributed by atoms with van der Waals surface area (Å²) in [6.07, 6.45) is 1.69. The highest BCUT2D eigenvalue weighted by atomic mass is 19.1. The number of rotatable bonds is 8. The highest BCUT2D eigenvalue weighted by Crippen LogP contribution is 2.20. The van der Waals surface area contributed by atoms with Gasteiger partial charge in [0.2, 0.25) is 5.91 Å². The molecule has 0 aliphatic heterocycles. The molecule has 27 heavy (non-hydrogen) atoms. The monoisotopic (exact) mass is 369 g/mol. The van der Waals surface area contributed by atoms with Crippen molar-refractivity contribution in [3.8, 4) is 0 Å². The second-order valence-corrected chi connectivity index (χ2v) is 6.33. The number of hydrogen-bond donors (Lipinski definition) is 3. The normalized spacial score (nSPS) is 10.9. The summed E-state index contributed by atoms with van der Waals surface area (Å²) in [7, 11) is 0. The van der Waals surface area contributed by atoms with Gasteiger partial charge in [-0.15, -0.1) is 0 Å². The molecular formula is C20H20FN3O3. The fraction of sp³-hybridized carbons (Fsp3) is 0.250. The molecule has 0 saturated carbocycles. The molecule has 140 valence electrons. The Balaban J connectivity index is 1.62. The van der Waals surface area contributed by atoms with E-state index in [0.717, 1.165) is 11.0 Å². The van der Waals surface area contributed by atoms with Crippen molar-refractivity contribution in [2.45, 2.75) is 32.1 Å². The lowest BCUT2D eigenvalue weighted by Crippen LogP contribution is -2.11. The smallest absolute Gasteiger partial charge is 0.303 e. The van der Waals surface area contributed by atoms with E-state index in [0.29, 0.717) is 36.3 Å². The molecule has 3 aromatic rings. The standard InChI is InChI=1S/C20H20FN3O3/c21-15-6-2-1-5-13(15)11-18-23-16-10-9-14(12-17(16)24-18)22-19(25)7-3-4-8-20(26)27/h1-2,5-6,9-10,12H,3-4,7-8,11H2,(H,22,25)(H,23,24)(H,26,27). The van der Waals surface area contributed by atoms with Crippen LogP contribution in [-0.4, -0.2) is 27.0 Å². The molecule has 0 bridgehead atoms. The van der Waals surface area contributed by atoms with E-state index in [2.05, 4.69) is 15.3 Å². The van der Waals surface area contributed by atoms with Gasteiger partial charge in [0.05, 0.1) is 11.0 Å². The maximum absolute atomic E-state index is 13.8. The minimum absolute atomic E-state index is 0.0676. The van der Waals surface area contributed by atoms with Gasteiger partial charge in [0.25, 0.3) is 0 Å². The van der Waals surface area contributed by atoms with Crippen molar-refractivity contribution in [3.05, 3.63) is 59.7 Å². The minimum Gasteiger partial charge on any atom is -0.481 e. The molecule has 0 radical (unpaired) electrons. The first-order valence-corrected chi connectivity index (χ1v) is 8.75. The molecule has 0 unspecified atom stereocenters. The molecule has 1 heterocycles. The van der Waals surface area contributed by atoms with E-state index in [4.69, 9.17) is 5.11 Å². The van der Waals surface area contributed by atoms with Crippen LogP contribution in [0.15, 0.2) is 42.5 Å². The van der Waals surface area contributed by atoms with Crippen molar-refractivity contribution in [1.29, 1.82) is 0 Å². The lowest BCUT2D eigenvalue weighted by Gasteiger charge is -2.04. The highest BCUT2D eigenvalue weighted by Gasteiger charge is 2.09. The number of anilines is 1. The number of imidazole rings is 1. The predicted molar refractivity (Wildman–Crippen MR) is 100 cm³/mol. The van der Waals surface area contributed by atoms with E-state index in [9.17, 15) is 14.0 Å². The number of H-pyrrole nitrogens is 1. The van der Waals surface area contributed by atoms with E-state index in [-0.39, 0.29) is 24.6 Å². The number of carboxylic acid groups (broad SMARTS) is 1. The average Bonchev–Trinajstić information content (AvgIpc) is 3.02. The first-order chi connectivity index (χ1) is 13.0. The Kier molecular flexibility index (Phi) is 5.80. The van der Waals surface area contributed by atoms with Crippen LogP contribution >= 0.6 is 0 Å². The number of carbonyl (C=O) groups is 2. The predicted octanol–water partition coefficient (Wildman–Crippen LogP) is 3.88. The number of nitrogens with zero attached hydrogens (tertiary/aromatic N) is 1. The molecule has 3 rings (SSSR count). The van der Waals surface area contributed by atoms with Crippen LogP contribution in [0.4, 0.5) is 10.1 Å². The molecule has 1 amide bonds. The number of aromatic amines is 1. The fourth-order valence-electron chi connectivity index (χ4n) is 2.83. The third-order valence-electron chi connectivity index (χ3n) is 4.17. The van der Waals surface area contributed by atoms with Crippen molar-refractivity contribution in [2.75, 3.05) is 5.32 Å². The van der Waals surface area contributed by atoms with Crippen LogP contribution in [-0.2, 0) is 16.0 Å². The summed E-state index contributed by atoms with van der Waals surface area (Å²) in [6.45, 7) is 0. The molecule has 6 nitrogen and oxygen atoms in total. The topological polar surface area (TPSA) is 95.1 Å². The number of fused-ring (bicyclic) bond motifs is 1. The Labute approximate surface area is 155 Å². The first-order valence-electron chi connectivity index (χ1n) is 8.75. The average molecular weight is 369 g/mol. The summed E-state index contributed by atoms with van der Waals surface area (Å²) < 4.78 is 13.8. The second-order valence-electron chi connectivity index (χ2n) is 6.33. The molecule has 0 aliphatic rings. The van der Waals surface area contributed by atoms with Crippen molar-refractivity contribution in [1.82, 2.24) is 9.97 Å². The SMILES string of the molecule is O=C(O)CCCCC(=O)Nc1ccc2nc(Cc3ccccc3F)[nH]c2c1. The zero-order chi connectivity index (χ0) is 19.2. The van der Waals surface area contributed by atoms with Crippen LogP contribution in [0.25, 0.3) is 11.0 Å². The number of benzene rings is 2. The number of aliphatic carboxylic acids is 1. The quantitative estimate of drug-likeness (QED) is 0.525. The van der Waals surface area contributed by atoms with Gasteiger partial charge in [0, 0.05) is 24.9 Å². The summed E-state index contributed by atoms with van der Waals surface area (Å²) in [6, 6.07) is 11.9. The lowest BCUT2D eigenvalue weighted by molar-refractivity contribution is -0.137. The fourth-order valence-corrected chi connectivity index (χ4v) is 2.83. The highest BCUT2D eigenvalue weighted by molar-refractivity contribution is 5.93. The number of aromatic nitrogens is 2. The van der Waals surface area contributed by atoms with E-state index in [1.165, 1.54) is 6.07 Å². The summed E-state index contributed by atoms with van der Waals surface area (Å²) in [5.41, 5.74) is 2.68. The number of nitrogens with one attached hydrogen (secondary N) is 2. The molecule has 0 saturated heterocycles. The van der Waals surface area contributed by atoms with Crippen molar-refractivity contribution >= 4 is 28.6 Å². The van der Waals surface area contributed by atoms with Crippen molar-refractivity contribution in [3.63, 3.8) is 0 Å². The van der Waals surface area contributed by atoms with Crippen LogP contribution in [0.1, 0.15) is 37.1 Å². The van der Waals surface area contributed by atoms with Crippen LogP contribution < -0.4 is 5.32 Å². The van der Waals surface area contributed by atoms with Gasteiger partial charge >= 0.3 is 5.97 Å². The molecule has 0 spiro atoms. The Hall–Kier alpha value is -3.22. The van der Waals surface area contributed by atoms with E-state index in [1.54, 1.807) is 36.4 Å². The van der Waals surface area contributed by atoms with Crippen LogP contribution in [0.2, 0.25) is 0 Å². The molecule has 0 aliphatic carbocycles. The summed E-state index contributed by atoms with van der Waals surface area (Å²) >= 11 is 0. The molecule has 7 heteroatoms. The molecule has 3 N–H and O–H groups in total. The Morgan fingerprint density at radius 1 is 1.11 bits per heavy atom. The zero-order valence-corrected chi connectivity index (χ0v) is 14.7. The van der Waals surface area contributed by atoms with Gasteiger partial charge in [-0.3, -0.25) is 9.59 Å². The van der Waals surface area contributed by atoms with Crippen LogP contribution in [0.5, 0.6) is 0 Å². The van der Waals surface area contributed by atoms with Crippen molar-refractivity contribution < 1.29 is 19.1 Å². The van der Waals surface area contributed by atoms with Gasteiger partial charge in [0.1, 0.15) is 11.6 Å². The van der Waals surface area contributed by atoms with Gasteiger partial charge in [-0.2, -0.15) is 0 Å². The van der Waals surface area contributed by atoms with Gasteiger partial charge in [0.15, 0.2) is 0 Å². The minimum atomic E-state index is -0.855. The Morgan fingerprint density at radius 2 is 1.89 bits per heavy atom. The summed E-state index contributed by atoms with van der Waals surface area (Å²) in [5.74, 6) is -0.641. The number of hydrogen-bond acceptors (Lipinski definition) is 3. The largest absolute Gasteiger partial charge is 0.481 e. The molecular weight excluding hydrogens is 349 g/mol. The second kappa shape index (κ2) is 8.44. The Bertz CT molecular complexity index is 968. The number of carboxylic acids is 1. The third kappa shape index (κ3) is 5.13. The summed E-state index contributed by atoms with van der Waals surface area (Å²) in [4.78, 5) is 30.0. The number of amides is 1. The number of unbranched alkanes of at least 4 members (excludes halogenated alkanes) is 1. The summed E-state index contributed by atoms with van der Waals surface area (Å²) in [5, 5.41) is 11.4. The van der Waals surface area contributed by atoms with Gasteiger partial charge in [-0.1, -0.05) is 18.2 Å². The molecule has 2 aromatic carbocycles. The maximum Gasteiger partial charge on any atom is 0.303 e. The lowest BCUT2D eigenvalue weighted by atomic mass is 10.1. The molecule has 1 aromatic heterocycles. The van der Waals surface area contributed by atoms with E-state index >= 15 is 0 Å². The van der Waals surface area contributed by atoms with E-state index < -0.39 is 5.97 Å². The first kappa shape index (κ1) is 18.6. The number of carbonyl (C=O) groups excluding carboxylic acids is 1. The van der Waals surface area contributed by atoms with Gasteiger partial charge < -0.3 is 15.4 Å². The third-order valence-corrected chi connectivity index (χ3v) is 4.17. The number of halogens is 1. The zero-order valence-electron chi connectivity index (χ0n) is 14.7. The van der Waals surface area contributed by atoms with Gasteiger partial charge in [-0.05, 0) is 42.7 Å². The van der Waals surface area contributed by atoms with Crippen LogP contribution in [0.3, 0.4) is 0 Å². The van der Waals surface area contributed by atoms with Crippen LogP contribution in [0, 0.1) is 5.82 Å². The Morgan fingerprint density at radius 3 is 2.67 bits per heavy atom. The molecule has 0 fully saturated rings. The maximum atomic E-state index is 13.8. The van der Waals surface area contributed by atoms with Crippen molar-refractivity contribution in [2.24, 2.45) is 0 Å².